The first-order valence-corrected chi connectivity index (χ1v) is 13.1. The Kier molecular flexibility index (Phi) is 8.25. The Labute approximate surface area is 229 Å². The van der Waals surface area contributed by atoms with Crippen molar-refractivity contribution in [1.82, 2.24) is 0 Å². The molecule has 0 saturated carbocycles. The van der Waals surface area contributed by atoms with Gasteiger partial charge in [-0.25, -0.2) is 0 Å². The van der Waals surface area contributed by atoms with Crippen LogP contribution in [0.4, 0.5) is 11.4 Å². The molecule has 0 bridgehead atoms. The molecule has 5 rings (SSSR count). The predicted molar refractivity (Wildman–Crippen MR) is 158 cm³/mol. The van der Waals surface area contributed by atoms with Crippen LogP contribution in [0.5, 0.6) is 0 Å². The number of amides is 2. The molecule has 0 unspecified atom stereocenters. The van der Waals surface area contributed by atoms with Gasteiger partial charge in [-0.1, -0.05) is 121 Å². The van der Waals surface area contributed by atoms with E-state index in [0.29, 0.717) is 13.1 Å². The summed E-state index contributed by atoms with van der Waals surface area (Å²) in [5, 5.41) is 0. The molecule has 0 fully saturated rings. The lowest BCUT2D eigenvalue weighted by Gasteiger charge is -2.26. The van der Waals surface area contributed by atoms with Crippen molar-refractivity contribution in [2.75, 3.05) is 9.80 Å². The third-order valence-electron chi connectivity index (χ3n) is 6.63. The summed E-state index contributed by atoms with van der Waals surface area (Å²) in [6.07, 6.45) is -0.241. The number of hydrogen-bond donors (Lipinski definition) is 0. The topological polar surface area (TPSA) is 40.6 Å². The third kappa shape index (κ3) is 6.68. The van der Waals surface area contributed by atoms with Gasteiger partial charge < -0.3 is 9.80 Å². The van der Waals surface area contributed by atoms with E-state index in [0.717, 1.165) is 33.6 Å². The van der Waals surface area contributed by atoms with Crippen molar-refractivity contribution in [3.8, 4) is 11.1 Å². The Hall–Kier alpha value is -4.96. The van der Waals surface area contributed by atoms with Gasteiger partial charge in [0, 0.05) is 11.4 Å². The van der Waals surface area contributed by atoms with Crippen molar-refractivity contribution in [3.05, 3.63) is 157 Å². The van der Waals surface area contributed by atoms with E-state index in [-0.39, 0.29) is 18.2 Å². The van der Waals surface area contributed by atoms with Crippen LogP contribution in [-0.2, 0) is 22.7 Å². The van der Waals surface area contributed by atoms with Crippen LogP contribution in [0.1, 0.15) is 17.5 Å². The largest absolute Gasteiger partial charge is 0.308 e. The summed E-state index contributed by atoms with van der Waals surface area (Å²) in [6.45, 7) is 0.767. The molecule has 192 valence electrons. The maximum atomic E-state index is 13.8. The summed E-state index contributed by atoms with van der Waals surface area (Å²) >= 11 is 0. The molecule has 0 radical (unpaired) electrons. The van der Waals surface area contributed by atoms with Crippen molar-refractivity contribution in [2.45, 2.75) is 19.5 Å². The normalized spacial score (nSPS) is 10.6. The maximum Gasteiger partial charge on any atom is 0.236 e. The maximum absolute atomic E-state index is 13.8. The first-order chi connectivity index (χ1) is 19.2. The van der Waals surface area contributed by atoms with E-state index < -0.39 is 0 Å². The van der Waals surface area contributed by atoms with Gasteiger partial charge >= 0.3 is 0 Å². The molecule has 0 aliphatic rings. The summed E-state index contributed by atoms with van der Waals surface area (Å²) in [5.74, 6) is -0.487. The molecular weight excluding hydrogens is 480 g/mol. The van der Waals surface area contributed by atoms with Crippen LogP contribution in [0, 0.1) is 0 Å². The molecular formula is C35H30N2O2. The Balaban J connectivity index is 1.41. The van der Waals surface area contributed by atoms with Gasteiger partial charge in [-0.15, -0.1) is 0 Å². The van der Waals surface area contributed by atoms with E-state index in [2.05, 4.69) is 12.1 Å². The molecule has 5 aromatic carbocycles. The highest BCUT2D eigenvalue weighted by Crippen LogP contribution is 2.26. The van der Waals surface area contributed by atoms with Crippen molar-refractivity contribution < 1.29 is 9.59 Å². The summed E-state index contributed by atoms with van der Waals surface area (Å²) in [6, 6.07) is 47.3. The van der Waals surface area contributed by atoms with Gasteiger partial charge in [0.05, 0.1) is 13.1 Å². The SMILES string of the molecule is O=C(CC(=O)N(Cc1ccccc1)c1ccc(-c2ccccc2)cc1)N(Cc1ccccc1)c1ccccc1. The molecule has 0 aliphatic carbocycles. The molecule has 4 heteroatoms. The predicted octanol–water partition coefficient (Wildman–Crippen LogP) is 7.51. The van der Waals surface area contributed by atoms with Crippen LogP contribution in [0.3, 0.4) is 0 Å². The van der Waals surface area contributed by atoms with Crippen LogP contribution >= 0.6 is 0 Å². The number of hydrogen-bond acceptors (Lipinski definition) is 2. The van der Waals surface area contributed by atoms with Crippen LogP contribution in [-0.4, -0.2) is 11.8 Å². The van der Waals surface area contributed by atoms with Crippen LogP contribution in [0.25, 0.3) is 11.1 Å². The second-order valence-electron chi connectivity index (χ2n) is 9.36. The quantitative estimate of drug-likeness (QED) is 0.193. The molecule has 0 aromatic heterocycles. The molecule has 5 aromatic rings. The lowest BCUT2D eigenvalue weighted by atomic mass is 10.0. The lowest BCUT2D eigenvalue weighted by molar-refractivity contribution is -0.126. The van der Waals surface area contributed by atoms with Crippen molar-refractivity contribution >= 4 is 23.2 Å². The molecule has 0 spiro atoms. The number of carbonyl (C=O) groups excluding carboxylic acids is 2. The van der Waals surface area contributed by atoms with E-state index in [4.69, 9.17) is 0 Å². The summed E-state index contributed by atoms with van der Waals surface area (Å²) in [5.41, 5.74) is 5.70. The number of benzene rings is 5. The van der Waals surface area contributed by atoms with Gasteiger partial charge in [-0.05, 0) is 46.5 Å². The van der Waals surface area contributed by atoms with Crippen LogP contribution < -0.4 is 9.80 Å². The van der Waals surface area contributed by atoms with Gasteiger partial charge in [0.2, 0.25) is 11.8 Å². The van der Waals surface area contributed by atoms with E-state index in [9.17, 15) is 9.59 Å². The lowest BCUT2D eigenvalue weighted by Crippen LogP contribution is -2.37. The van der Waals surface area contributed by atoms with Gasteiger partial charge in [0.25, 0.3) is 0 Å². The molecule has 0 atom stereocenters. The minimum atomic E-state index is -0.245. The van der Waals surface area contributed by atoms with Gasteiger partial charge in [-0.3, -0.25) is 9.59 Å². The van der Waals surface area contributed by atoms with E-state index in [1.165, 1.54) is 0 Å². The average Bonchev–Trinajstić information content (AvgIpc) is 3.00. The minimum absolute atomic E-state index is 0.241. The number of para-hydroxylation sites is 1. The zero-order chi connectivity index (χ0) is 26.9. The highest BCUT2D eigenvalue weighted by atomic mass is 16.2. The molecule has 0 N–H and O–H groups in total. The fourth-order valence-corrected chi connectivity index (χ4v) is 4.57. The van der Waals surface area contributed by atoms with Crippen LogP contribution in [0.15, 0.2) is 146 Å². The Bertz CT molecular complexity index is 1490. The third-order valence-corrected chi connectivity index (χ3v) is 6.63. The highest BCUT2D eigenvalue weighted by molar-refractivity contribution is 6.10. The minimum Gasteiger partial charge on any atom is -0.308 e. The Morgan fingerprint density at radius 1 is 0.410 bits per heavy atom. The Morgan fingerprint density at radius 3 is 1.23 bits per heavy atom. The standard InChI is InChI=1S/C35H30N2O2/c38-34(36(32-19-11-4-12-20-32)26-28-13-5-1-6-14-28)25-35(39)37(27-29-15-7-2-8-16-29)33-23-21-31(22-24-33)30-17-9-3-10-18-30/h1-24H,25-27H2. The van der Waals surface area contributed by atoms with Crippen LogP contribution in [0.2, 0.25) is 0 Å². The zero-order valence-corrected chi connectivity index (χ0v) is 21.7. The number of nitrogens with zero attached hydrogens (tertiary/aromatic N) is 2. The van der Waals surface area contributed by atoms with Gasteiger partial charge in [0.1, 0.15) is 6.42 Å². The van der Waals surface area contributed by atoms with E-state index >= 15 is 0 Å². The zero-order valence-electron chi connectivity index (χ0n) is 21.7. The Morgan fingerprint density at radius 2 is 0.769 bits per heavy atom. The summed E-state index contributed by atoms with van der Waals surface area (Å²) in [4.78, 5) is 30.8. The van der Waals surface area contributed by atoms with Gasteiger partial charge in [0.15, 0.2) is 0 Å². The first-order valence-electron chi connectivity index (χ1n) is 13.1. The molecule has 39 heavy (non-hydrogen) atoms. The average molecular weight is 511 g/mol. The van der Waals surface area contributed by atoms with Crippen molar-refractivity contribution in [1.29, 1.82) is 0 Å². The monoisotopic (exact) mass is 510 g/mol. The number of anilines is 2. The molecule has 2 amide bonds. The highest BCUT2D eigenvalue weighted by Gasteiger charge is 2.24. The van der Waals surface area contributed by atoms with Gasteiger partial charge in [-0.2, -0.15) is 0 Å². The second kappa shape index (κ2) is 12.5. The number of carbonyl (C=O) groups is 2. The smallest absolute Gasteiger partial charge is 0.236 e. The molecule has 0 heterocycles. The molecule has 4 nitrogen and oxygen atoms in total. The molecule has 0 aliphatic heterocycles. The number of rotatable bonds is 9. The fraction of sp³-hybridized carbons (Fsp3) is 0.0857. The summed E-state index contributed by atoms with van der Waals surface area (Å²) < 4.78 is 0. The van der Waals surface area contributed by atoms with Crippen molar-refractivity contribution in [3.63, 3.8) is 0 Å². The second-order valence-corrected chi connectivity index (χ2v) is 9.36. The fourth-order valence-electron chi connectivity index (χ4n) is 4.57. The van der Waals surface area contributed by atoms with E-state index in [1.54, 1.807) is 9.80 Å². The summed E-state index contributed by atoms with van der Waals surface area (Å²) in [7, 11) is 0. The first kappa shape index (κ1) is 25.7. The molecule has 0 saturated heterocycles. The van der Waals surface area contributed by atoms with Crippen molar-refractivity contribution in [2.24, 2.45) is 0 Å². The van der Waals surface area contributed by atoms with E-state index in [1.807, 2.05) is 133 Å².